The van der Waals surface area contributed by atoms with E-state index in [0.717, 1.165) is 25.7 Å². The van der Waals surface area contributed by atoms with Crippen LogP contribution in [0, 0.1) is 0 Å². The molecule has 0 amide bonds. The molecule has 0 aliphatic heterocycles. The Labute approximate surface area is 122 Å². The average molecular weight is 284 g/mol. The van der Waals surface area contributed by atoms with E-state index in [4.69, 9.17) is 9.47 Å². The van der Waals surface area contributed by atoms with Crippen molar-refractivity contribution in [1.29, 1.82) is 0 Å². The number of hydrogen-bond acceptors (Lipinski definition) is 4. The van der Waals surface area contributed by atoms with Gasteiger partial charge in [0.2, 0.25) is 0 Å². The number of hydrogen-bond donors (Lipinski definition) is 0. The van der Waals surface area contributed by atoms with Gasteiger partial charge in [0.05, 0.1) is 13.2 Å². The zero-order chi connectivity index (χ0) is 15.4. The summed E-state index contributed by atoms with van der Waals surface area (Å²) in [5.74, 6) is -0.768. The molecule has 0 aliphatic carbocycles. The normalized spacial score (nSPS) is 11.8. The molecular weight excluding hydrogens is 256 g/mol. The molecule has 0 fully saturated rings. The highest BCUT2D eigenvalue weighted by Crippen LogP contribution is 2.16. The first kappa shape index (κ1) is 18.7. The van der Waals surface area contributed by atoms with Crippen molar-refractivity contribution in [2.45, 2.75) is 66.2 Å². The van der Waals surface area contributed by atoms with Gasteiger partial charge in [0.15, 0.2) is 0 Å². The topological polar surface area (TPSA) is 52.6 Å². The van der Waals surface area contributed by atoms with E-state index in [1.807, 2.05) is 27.7 Å². The van der Waals surface area contributed by atoms with Gasteiger partial charge in [0, 0.05) is 11.1 Å². The molecule has 0 spiro atoms. The van der Waals surface area contributed by atoms with Crippen molar-refractivity contribution < 1.29 is 19.1 Å². The predicted octanol–water partition coefficient (Wildman–Crippen LogP) is 3.79. The summed E-state index contributed by atoms with van der Waals surface area (Å²) in [5.41, 5.74) is 0.898. The zero-order valence-electron chi connectivity index (χ0n) is 13.3. The Hall–Kier alpha value is -1.32. The number of unbranched alkanes of at least 4 members (excludes halogenated alkanes) is 2. The molecule has 0 bridgehead atoms. The van der Waals surface area contributed by atoms with Gasteiger partial charge in [-0.3, -0.25) is 0 Å². The van der Waals surface area contributed by atoms with Crippen molar-refractivity contribution in [2.75, 3.05) is 13.2 Å². The van der Waals surface area contributed by atoms with Gasteiger partial charge in [0.25, 0.3) is 0 Å². The molecule has 0 heterocycles. The van der Waals surface area contributed by atoms with Gasteiger partial charge >= 0.3 is 11.9 Å². The highest BCUT2D eigenvalue weighted by molar-refractivity contribution is 6.00. The van der Waals surface area contributed by atoms with Crippen molar-refractivity contribution in [3.05, 3.63) is 11.1 Å². The van der Waals surface area contributed by atoms with Crippen LogP contribution in [0.25, 0.3) is 0 Å². The summed E-state index contributed by atoms with van der Waals surface area (Å²) in [4.78, 5) is 24.0. The molecule has 116 valence electrons. The quantitative estimate of drug-likeness (QED) is 0.348. The highest BCUT2D eigenvalue weighted by atomic mass is 16.5. The lowest BCUT2D eigenvalue weighted by Crippen LogP contribution is -2.17. The third kappa shape index (κ3) is 6.73. The monoisotopic (exact) mass is 284 g/mol. The molecule has 0 rings (SSSR count). The Balaban J connectivity index is 4.77. The summed E-state index contributed by atoms with van der Waals surface area (Å²) in [7, 11) is 0. The molecule has 20 heavy (non-hydrogen) atoms. The van der Waals surface area contributed by atoms with E-state index in [9.17, 15) is 9.59 Å². The lowest BCUT2D eigenvalue weighted by atomic mass is 10.0. The number of esters is 2. The molecule has 4 heteroatoms. The smallest absolute Gasteiger partial charge is 0.334 e. The Bertz CT molecular complexity index is 299. The summed E-state index contributed by atoms with van der Waals surface area (Å²) in [6, 6.07) is 0. The van der Waals surface area contributed by atoms with Crippen LogP contribution in [0.4, 0.5) is 0 Å². The van der Waals surface area contributed by atoms with Crippen LogP contribution < -0.4 is 0 Å². The Kier molecular flexibility index (Phi) is 10.7. The van der Waals surface area contributed by atoms with E-state index in [1.54, 1.807) is 0 Å². The molecule has 0 saturated carbocycles. The molecule has 0 aromatic heterocycles. The minimum Gasteiger partial charge on any atom is -0.462 e. The van der Waals surface area contributed by atoms with Crippen LogP contribution in [0.15, 0.2) is 11.1 Å². The number of carbonyl (C=O) groups is 2. The lowest BCUT2D eigenvalue weighted by Gasteiger charge is -2.12. The van der Waals surface area contributed by atoms with Crippen LogP contribution in [0.3, 0.4) is 0 Å². The summed E-state index contributed by atoms with van der Waals surface area (Å²) in [5, 5.41) is 0. The van der Waals surface area contributed by atoms with E-state index in [1.165, 1.54) is 0 Å². The maximum absolute atomic E-state index is 12.0. The second-order valence-corrected chi connectivity index (χ2v) is 4.64. The summed E-state index contributed by atoms with van der Waals surface area (Å²) in [6.45, 7) is 8.58. The van der Waals surface area contributed by atoms with Crippen LogP contribution in [0.1, 0.15) is 66.2 Å². The molecule has 0 aliphatic rings. The van der Waals surface area contributed by atoms with Crippen LogP contribution in [0.2, 0.25) is 0 Å². The van der Waals surface area contributed by atoms with Crippen LogP contribution in [0.5, 0.6) is 0 Å². The first-order chi connectivity index (χ1) is 9.62. The second kappa shape index (κ2) is 11.5. The van der Waals surface area contributed by atoms with Crippen molar-refractivity contribution in [3.63, 3.8) is 0 Å². The Morgan fingerprint density at radius 1 is 0.700 bits per heavy atom. The van der Waals surface area contributed by atoms with E-state index >= 15 is 0 Å². The first-order valence-corrected chi connectivity index (χ1v) is 7.68. The standard InChI is InChI=1S/C16H28O4/c1-5-9-11-19-15(17)13(7-3)14(8-4)16(18)20-12-10-6-2/h5-12H2,1-4H3. The molecular formula is C16H28O4. The van der Waals surface area contributed by atoms with Gasteiger partial charge in [-0.15, -0.1) is 0 Å². The molecule has 4 nitrogen and oxygen atoms in total. The van der Waals surface area contributed by atoms with Crippen molar-refractivity contribution in [3.8, 4) is 0 Å². The van der Waals surface area contributed by atoms with Gasteiger partial charge in [-0.2, -0.15) is 0 Å². The molecule has 0 aromatic rings. The van der Waals surface area contributed by atoms with Gasteiger partial charge in [-0.25, -0.2) is 9.59 Å². The predicted molar refractivity (Wildman–Crippen MR) is 79.3 cm³/mol. The fourth-order valence-electron chi connectivity index (χ4n) is 1.75. The fourth-order valence-corrected chi connectivity index (χ4v) is 1.75. The average Bonchev–Trinajstić information content (AvgIpc) is 2.44. The molecule has 0 aromatic carbocycles. The molecule has 0 N–H and O–H groups in total. The second-order valence-electron chi connectivity index (χ2n) is 4.64. The number of rotatable bonds is 10. The minimum atomic E-state index is -0.384. The first-order valence-electron chi connectivity index (χ1n) is 7.68. The van der Waals surface area contributed by atoms with Gasteiger partial charge in [0.1, 0.15) is 0 Å². The summed E-state index contributed by atoms with van der Waals surface area (Å²) in [6.07, 6.45) is 4.58. The molecule has 0 atom stereocenters. The van der Waals surface area contributed by atoms with Crippen LogP contribution in [-0.4, -0.2) is 25.2 Å². The maximum Gasteiger partial charge on any atom is 0.334 e. The molecule has 0 unspecified atom stereocenters. The lowest BCUT2D eigenvalue weighted by molar-refractivity contribution is -0.142. The Morgan fingerprint density at radius 2 is 1.05 bits per heavy atom. The maximum atomic E-state index is 12.0. The van der Waals surface area contributed by atoms with E-state index in [2.05, 4.69) is 0 Å². The zero-order valence-corrected chi connectivity index (χ0v) is 13.3. The van der Waals surface area contributed by atoms with Gasteiger partial charge in [-0.05, 0) is 25.7 Å². The minimum absolute atomic E-state index is 0.384. The van der Waals surface area contributed by atoms with Crippen molar-refractivity contribution >= 4 is 11.9 Å². The number of ether oxygens (including phenoxy) is 2. The van der Waals surface area contributed by atoms with Crippen LogP contribution in [-0.2, 0) is 19.1 Å². The van der Waals surface area contributed by atoms with Crippen LogP contribution >= 0.6 is 0 Å². The summed E-state index contributed by atoms with van der Waals surface area (Å²) >= 11 is 0. The van der Waals surface area contributed by atoms with Crippen molar-refractivity contribution in [2.24, 2.45) is 0 Å². The SMILES string of the molecule is CCCCOC(=O)C(CC)=C(CC)C(=O)OCCCC. The third-order valence-electron chi connectivity index (χ3n) is 3.03. The highest BCUT2D eigenvalue weighted by Gasteiger charge is 2.20. The van der Waals surface area contributed by atoms with E-state index in [0.29, 0.717) is 37.2 Å². The van der Waals surface area contributed by atoms with E-state index in [-0.39, 0.29) is 11.9 Å². The number of carbonyl (C=O) groups excluding carboxylic acids is 2. The fraction of sp³-hybridized carbons (Fsp3) is 0.750. The van der Waals surface area contributed by atoms with E-state index < -0.39 is 0 Å². The largest absolute Gasteiger partial charge is 0.462 e. The van der Waals surface area contributed by atoms with Gasteiger partial charge < -0.3 is 9.47 Å². The summed E-state index contributed by atoms with van der Waals surface area (Å²) < 4.78 is 10.4. The Morgan fingerprint density at radius 3 is 1.30 bits per heavy atom. The van der Waals surface area contributed by atoms with Crippen molar-refractivity contribution in [1.82, 2.24) is 0 Å². The molecule has 0 radical (unpaired) electrons. The third-order valence-corrected chi connectivity index (χ3v) is 3.03. The van der Waals surface area contributed by atoms with Gasteiger partial charge in [-0.1, -0.05) is 40.5 Å². The molecule has 0 saturated heterocycles.